The van der Waals surface area contributed by atoms with Gasteiger partial charge in [-0.15, -0.1) is 0 Å². The third-order valence-corrected chi connectivity index (χ3v) is 7.08. The predicted molar refractivity (Wildman–Crippen MR) is 171 cm³/mol. The smallest absolute Gasteiger partial charge is 0.408 e. The van der Waals surface area contributed by atoms with Crippen LogP contribution in [-0.2, 0) is 32.3 Å². The molecule has 0 saturated carbocycles. The first-order valence-electron chi connectivity index (χ1n) is 15.8. The number of hydrogen-bond donors (Lipinski definition) is 4. The van der Waals surface area contributed by atoms with Crippen molar-refractivity contribution in [2.24, 2.45) is 0 Å². The summed E-state index contributed by atoms with van der Waals surface area (Å²) in [7, 11) is 0. The first kappa shape index (κ1) is 36.1. The lowest BCUT2D eigenvalue weighted by molar-refractivity contribution is -0.123. The first-order valence-corrected chi connectivity index (χ1v) is 15.8. The maximum atomic E-state index is 12.2. The summed E-state index contributed by atoms with van der Waals surface area (Å²) in [4.78, 5) is 48.2. The van der Waals surface area contributed by atoms with Gasteiger partial charge in [-0.3, -0.25) is 9.59 Å². The number of rotatable bonds is 21. The van der Waals surface area contributed by atoms with Crippen LogP contribution in [0.4, 0.5) is 9.59 Å². The molecule has 0 aliphatic carbocycles. The van der Waals surface area contributed by atoms with Crippen molar-refractivity contribution in [3.8, 4) is 0 Å². The summed E-state index contributed by atoms with van der Waals surface area (Å²) in [6.45, 7) is 4.79. The van der Waals surface area contributed by atoms with E-state index in [4.69, 9.17) is 9.47 Å². The average molecular weight is 611 g/mol. The molecule has 242 valence electrons. The zero-order valence-corrected chi connectivity index (χ0v) is 26.3. The molecule has 0 aromatic heterocycles. The number of benzene rings is 2. The Bertz CT molecular complexity index is 1010. The van der Waals surface area contributed by atoms with Gasteiger partial charge in [0.2, 0.25) is 11.8 Å². The number of nitrogens with one attached hydrogen (secondary N) is 4. The van der Waals surface area contributed by atoms with E-state index in [1.807, 2.05) is 60.7 Å². The second kappa shape index (κ2) is 22.5. The van der Waals surface area contributed by atoms with Crippen LogP contribution in [-0.4, -0.2) is 49.2 Å². The minimum atomic E-state index is -0.656. The second-order valence-electron chi connectivity index (χ2n) is 11.0. The number of unbranched alkanes of at least 4 members (excludes halogenated alkanes) is 9. The van der Waals surface area contributed by atoms with E-state index in [0.717, 1.165) is 49.7 Å². The molecule has 0 spiro atoms. The molecule has 2 atom stereocenters. The minimum Gasteiger partial charge on any atom is -0.445 e. The van der Waals surface area contributed by atoms with Crippen molar-refractivity contribution in [2.75, 3.05) is 13.1 Å². The van der Waals surface area contributed by atoms with Gasteiger partial charge < -0.3 is 30.7 Å². The Morgan fingerprint density at radius 3 is 1.18 bits per heavy atom. The molecule has 0 fully saturated rings. The standard InChI is InChI=1S/C34H50N4O6/c1-27(37-33(41)43-25-29-19-13-11-14-20-29)31(39)35-23-17-9-7-5-3-4-6-8-10-18-24-36-32(40)28(2)38-34(42)44-26-30-21-15-12-16-22-30/h11-16,19-22,27-28H,3-10,17-18,23-26H2,1-2H3,(H,35,39)(H,36,40)(H,37,41)(H,38,42)/t27-,28-/m0/s1. The van der Waals surface area contributed by atoms with E-state index in [1.165, 1.54) is 25.7 Å². The van der Waals surface area contributed by atoms with Crippen molar-refractivity contribution in [3.63, 3.8) is 0 Å². The van der Waals surface area contributed by atoms with Crippen LogP contribution in [0.1, 0.15) is 89.2 Å². The quantitative estimate of drug-likeness (QED) is 0.133. The Morgan fingerprint density at radius 2 is 0.841 bits per heavy atom. The highest BCUT2D eigenvalue weighted by atomic mass is 16.6. The summed E-state index contributed by atoms with van der Waals surface area (Å²) in [5, 5.41) is 10.9. The van der Waals surface area contributed by atoms with Crippen LogP contribution >= 0.6 is 0 Å². The predicted octanol–water partition coefficient (Wildman–Crippen LogP) is 5.75. The summed E-state index contributed by atoms with van der Waals surface area (Å²) in [5.41, 5.74) is 1.78. The Labute approximate surface area is 262 Å². The normalized spacial score (nSPS) is 12.0. The summed E-state index contributed by atoms with van der Waals surface area (Å²) >= 11 is 0. The van der Waals surface area contributed by atoms with Gasteiger partial charge in [0.15, 0.2) is 0 Å². The molecule has 2 aromatic carbocycles. The lowest BCUT2D eigenvalue weighted by atomic mass is 10.1. The van der Waals surface area contributed by atoms with E-state index in [2.05, 4.69) is 21.3 Å². The topological polar surface area (TPSA) is 135 Å². The van der Waals surface area contributed by atoms with Gasteiger partial charge in [0.05, 0.1) is 0 Å². The molecule has 0 aliphatic heterocycles. The molecule has 10 nitrogen and oxygen atoms in total. The lowest BCUT2D eigenvalue weighted by Gasteiger charge is -2.14. The number of carbonyl (C=O) groups is 4. The summed E-state index contributed by atoms with van der Waals surface area (Å²) in [6, 6.07) is 17.5. The Kier molecular flexibility index (Phi) is 18.4. The Morgan fingerprint density at radius 1 is 0.523 bits per heavy atom. The molecule has 0 unspecified atom stereocenters. The molecule has 4 amide bonds. The van der Waals surface area contributed by atoms with Gasteiger partial charge in [-0.05, 0) is 37.8 Å². The number of alkyl carbamates (subject to hydrolysis) is 2. The zero-order chi connectivity index (χ0) is 31.8. The lowest BCUT2D eigenvalue weighted by Crippen LogP contribution is -2.45. The molecule has 0 bridgehead atoms. The van der Waals surface area contributed by atoms with E-state index in [-0.39, 0.29) is 25.0 Å². The van der Waals surface area contributed by atoms with Crippen LogP contribution in [0, 0.1) is 0 Å². The van der Waals surface area contributed by atoms with Crippen molar-refractivity contribution >= 4 is 24.0 Å². The van der Waals surface area contributed by atoms with Crippen molar-refractivity contribution in [3.05, 3.63) is 71.8 Å². The van der Waals surface area contributed by atoms with Gasteiger partial charge in [0.25, 0.3) is 0 Å². The highest BCUT2D eigenvalue weighted by molar-refractivity contribution is 5.85. The number of ether oxygens (including phenoxy) is 2. The van der Waals surface area contributed by atoms with Gasteiger partial charge in [0, 0.05) is 13.1 Å². The fraction of sp³-hybridized carbons (Fsp3) is 0.529. The van der Waals surface area contributed by atoms with E-state index >= 15 is 0 Å². The minimum absolute atomic E-state index is 0.163. The van der Waals surface area contributed by atoms with E-state index in [0.29, 0.717) is 13.1 Å². The zero-order valence-electron chi connectivity index (χ0n) is 26.3. The Hall–Kier alpha value is -4.08. The molecule has 4 N–H and O–H groups in total. The van der Waals surface area contributed by atoms with Gasteiger partial charge in [0.1, 0.15) is 25.3 Å². The molecular weight excluding hydrogens is 560 g/mol. The summed E-state index contributed by atoms with van der Waals surface area (Å²) in [6.07, 6.45) is 9.71. The van der Waals surface area contributed by atoms with Gasteiger partial charge >= 0.3 is 12.2 Å². The highest BCUT2D eigenvalue weighted by Crippen LogP contribution is 2.10. The summed E-state index contributed by atoms with van der Waals surface area (Å²) < 4.78 is 10.3. The van der Waals surface area contributed by atoms with Gasteiger partial charge in [-0.2, -0.15) is 0 Å². The van der Waals surface area contributed by atoms with Crippen molar-refractivity contribution in [1.82, 2.24) is 21.3 Å². The number of hydrogen-bond acceptors (Lipinski definition) is 6. The molecule has 10 heteroatoms. The van der Waals surface area contributed by atoms with Gasteiger partial charge in [-0.1, -0.05) is 112 Å². The van der Waals surface area contributed by atoms with Crippen molar-refractivity contribution < 1.29 is 28.7 Å². The van der Waals surface area contributed by atoms with Crippen LogP contribution < -0.4 is 21.3 Å². The van der Waals surface area contributed by atoms with Crippen molar-refractivity contribution in [2.45, 2.75) is 103 Å². The second-order valence-corrected chi connectivity index (χ2v) is 11.0. The maximum absolute atomic E-state index is 12.2. The summed E-state index contributed by atoms with van der Waals surface area (Å²) in [5.74, 6) is -0.432. The van der Waals surface area contributed by atoms with Crippen LogP contribution in [0.3, 0.4) is 0 Å². The highest BCUT2D eigenvalue weighted by Gasteiger charge is 2.17. The molecular formula is C34H50N4O6. The van der Waals surface area contributed by atoms with Crippen LogP contribution in [0.25, 0.3) is 0 Å². The largest absolute Gasteiger partial charge is 0.445 e. The SMILES string of the molecule is C[C@H](NC(=O)OCc1ccccc1)C(=O)NCCCCCCCCCCCCNC(=O)[C@H](C)NC(=O)OCc1ccccc1. The molecule has 44 heavy (non-hydrogen) atoms. The first-order chi connectivity index (χ1) is 21.3. The van der Waals surface area contributed by atoms with Gasteiger partial charge in [-0.25, -0.2) is 9.59 Å². The fourth-order valence-corrected chi connectivity index (χ4v) is 4.41. The molecule has 0 heterocycles. The van der Waals surface area contributed by atoms with Crippen LogP contribution in [0.2, 0.25) is 0 Å². The fourth-order valence-electron chi connectivity index (χ4n) is 4.41. The maximum Gasteiger partial charge on any atom is 0.408 e. The van der Waals surface area contributed by atoms with E-state index in [9.17, 15) is 19.2 Å². The van der Waals surface area contributed by atoms with E-state index in [1.54, 1.807) is 13.8 Å². The van der Waals surface area contributed by atoms with Crippen molar-refractivity contribution in [1.29, 1.82) is 0 Å². The van der Waals surface area contributed by atoms with E-state index < -0.39 is 24.3 Å². The van der Waals surface area contributed by atoms with Crippen LogP contribution in [0.5, 0.6) is 0 Å². The molecule has 0 saturated heterocycles. The van der Waals surface area contributed by atoms with Crippen LogP contribution in [0.15, 0.2) is 60.7 Å². The third-order valence-electron chi connectivity index (χ3n) is 7.08. The molecule has 2 aromatic rings. The molecule has 0 radical (unpaired) electrons. The number of amides is 4. The number of carbonyl (C=O) groups excluding carboxylic acids is 4. The third kappa shape index (κ3) is 17.1. The average Bonchev–Trinajstić information content (AvgIpc) is 3.03. The Balaban J connectivity index is 1.34. The molecule has 0 aliphatic rings. The monoisotopic (exact) mass is 610 g/mol. The molecule has 2 rings (SSSR count).